The molecule has 0 spiro atoms. The zero-order chi connectivity index (χ0) is 15.1. The first kappa shape index (κ1) is 16.6. The van der Waals surface area contributed by atoms with E-state index in [1.807, 2.05) is 0 Å². The summed E-state index contributed by atoms with van der Waals surface area (Å²) >= 11 is 0. The molecule has 0 radical (unpaired) electrons. The van der Waals surface area contributed by atoms with Crippen LogP contribution in [0.3, 0.4) is 0 Å². The molecule has 0 unspecified atom stereocenters. The van der Waals surface area contributed by atoms with Crippen LogP contribution in [0.4, 0.5) is 0 Å². The average molecular weight is 287 g/mol. The standard InChI is InChI=1S/C21H34/c1-4-6-8-18-9-11-19(12-10-18)20-13-16-21(3,17-14-20)15-7-5-2/h9-12,20H,4-8,13-17H2,1-3H3/t20-,21+. The molecule has 0 aromatic heterocycles. The van der Waals surface area contributed by atoms with Crippen LogP contribution in [-0.4, -0.2) is 0 Å². The second-order valence-electron chi connectivity index (χ2n) is 7.53. The van der Waals surface area contributed by atoms with E-state index in [1.54, 1.807) is 5.56 Å². The Balaban J connectivity index is 1.87. The predicted molar refractivity (Wildman–Crippen MR) is 93.9 cm³/mol. The topological polar surface area (TPSA) is 0 Å². The Bertz CT molecular complexity index is 393. The third kappa shape index (κ3) is 4.87. The molecule has 0 amide bonds. The van der Waals surface area contributed by atoms with E-state index in [-0.39, 0.29) is 0 Å². The largest absolute Gasteiger partial charge is 0.0654 e. The van der Waals surface area contributed by atoms with Crippen molar-refractivity contribution in [3.63, 3.8) is 0 Å². The molecule has 1 saturated carbocycles. The molecule has 0 saturated heterocycles. The minimum Gasteiger partial charge on any atom is -0.0654 e. The predicted octanol–water partition coefficient (Wildman–Crippen LogP) is 6.88. The van der Waals surface area contributed by atoms with Gasteiger partial charge in [0.15, 0.2) is 0 Å². The lowest BCUT2D eigenvalue weighted by Crippen LogP contribution is -2.23. The maximum absolute atomic E-state index is 2.52. The molecule has 2 rings (SSSR count). The second kappa shape index (κ2) is 8.01. The van der Waals surface area contributed by atoms with Crippen molar-refractivity contribution < 1.29 is 0 Å². The van der Waals surface area contributed by atoms with Crippen LogP contribution in [0.2, 0.25) is 0 Å². The summed E-state index contributed by atoms with van der Waals surface area (Å²) in [5.74, 6) is 0.819. The molecule has 1 aromatic rings. The lowest BCUT2D eigenvalue weighted by molar-refractivity contribution is 0.179. The van der Waals surface area contributed by atoms with Gasteiger partial charge in [-0.3, -0.25) is 0 Å². The van der Waals surface area contributed by atoms with Crippen molar-refractivity contribution in [3.8, 4) is 0 Å². The molecule has 1 fully saturated rings. The summed E-state index contributed by atoms with van der Waals surface area (Å²) in [5.41, 5.74) is 3.74. The van der Waals surface area contributed by atoms with Gasteiger partial charge in [0.2, 0.25) is 0 Å². The summed E-state index contributed by atoms with van der Waals surface area (Å²) in [6.07, 6.45) is 13.7. The highest BCUT2D eigenvalue weighted by Gasteiger charge is 2.30. The van der Waals surface area contributed by atoms with Crippen molar-refractivity contribution in [2.24, 2.45) is 5.41 Å². The van der Waals surface area contributed by atoms with Gasteiger partial charge in [-0.05, 0) is 67.4 Å². The highest BCUT2D eigenvalue weighted by Crippen LogP contribution is 2.45. The monoisotopic (exact) mass is 286 g/mol. The molecule has 0 bridgehead atoms. The van der Waals surface area contributed by atoms with Gasteiger partial charge in [0.05, 0.1) is 0 Å². The van der Waals surface area contributed by atoms with Crippen LogP contribution in [0.1, 0.15) is 95.6 Å². The molecule has 118 valence electrons. The number of hydrogen-bond donors (Lipinski definition) is 0. The lowest BCUT2D eigenvalue weighted by atomic mass is 9.68. The van der Waals surface area contributed by atoms with E-state index >= 15 is 0 Å². The molecule has 0 atom stereocenters. The number of benzene rings is 1. The first-order valence-corrected chi connectivity index (χ1v) is 9.25. The maximum Gasteiger partial charge on any atom is -0.0162 e. The number of unbranched alkanes of at least 4 members (excludes halogenated alkanes) is 2. The number of rotatable bonds is 7. The summed E-state index contributed by atoms with van der Waals surface area (Å²) < 4.78 is 0. The first-order chi connectivity index (χ1) is 10.2. The van der Waals surface area contributed by atoms with Crippen LogP contribution in [0.15, 0.2) is 24.3 Å². The van der Waals surface area contributed by atoms with Gasteiger partial charge in [0.25, 0.3) is 0 Å². The Morgan fingerprint density at radius 3 is 2.14 bits per heavy atom. The van der Waals surface area contributed by atoms with Gasteiger partial charge >= 0.3 is 0 Å². The lowest BCUT2D eigenvalue weighted by Gasteiger charge is -2.37. The van der Waals surface area contributed by atoms with Crippen molar-refractivity contribution in [2.75, 3.05) is 0 Å². The van der Waals surface area contributed by atoms with Crippen molar-refractivity contribution in [1.82, 2.24) is 0 Å². The van der Waals surface area contributed by atoms with E-state index in [0.29, 0.717) is 5.41 Å². The normalized spacial score (nSPS) is 26.0. The highest BCUT2D eigenvalue weighted by atomic mass is 14.4. The number of hydrogen-bond acceptors (Lipinski definition) is 0. The zero-order valence-electron chi connectivity index (χ0n) is 14.5. The molecule has 21 heavy (non-hydrogen) atoms. The molecule has 0 N–H and O–H groups in total. The molecular formula is C21H34. The molecule has 1 aromatic carbocycles. The first-order valence-electron chi connectivity index (χ1n) is 9.25. The van der Waals surface area contributed by atoms with Gasteiger partial charge in [-0.25, -0.2) is 0 Å². The van der Waals surface area contributed by atoms with Gasteiger partial charge in [-0.2, -0.15) is 0 Å². The molecule has 0 heterocycles. The van der Waals surface area contributed by atoms with Crippen molar-refractivity contribution in [3.05, 3.63) is 35.4 Å². The summed E-state index contributed by atoms with van der Waals surface area (Å²) in [4.78, 5) is 0. The summed E-state index contributed by atoms with van der Waals surface area (Å²) in [6.45, 7) is 7.10. The smallest absolute Gasteiger partial charge is 0.0162 e. The van der Waals surface area contributed by atoms with E-state index in [9.17, 15) is 0 Å². The van der Waals surface area contributed by atoms with Gasteiger partial charge in [-0.15, -0.1) is 0 Å². The van der Waals surface area contributed by atoms with Crippen LogP contribution in [0, 0.1) is 5.41 Å². The van der Waals surface area contributed by atoms with Crippen LogP contribution in [-0.2, 0) is 6.42 Å². The third-order valence-corrected chi connectivity index (χ3v) is 5.60. The van der Waals surface area contributed by atoms with E-state index in [0.717, 1.165) is 5.92 Å². The Kier molecular flexibility index (Phi) is 6.33. The quantitative estimate of drug-likeness (QED) is 0.512. The highest BCUT2D eigenvalue weighted by molar-refractivity contribution is 5.26. The molecule has 1 aliphatic rings. The van der Waals surface area contributed by atoms with Crippen molar-refractivity contribution in [1.29, 1.82) is 0 Å². The van der Waals surface area contributed by atoms with Crippen LogP contribution in [0.5, 0.6) is 0 Å². The second-order valence-corrected chi connectivity index (χ2v) is 7.53. The van der Waals surface area contributed by atoms with Crippen molar-refractivity contribution in [2.45, 2.75) is 90.9 Å². The molecule has 1 aliphatic carbocycles. The van der Waals surface area contributed by atoms with E-state index in [2.05, 4.69) is 45.0 Å². The maximum atomic E-state index is 2.52. The van der Waals surface area contributed by atoms with Gasteiger partial charge in [0.1, 0.15) is 0 Å². The molecule has 0 heteroatoms. The minimum absolute atomic E-state index is 0.633. The fourth-order valence-corrected chi connectivity index (χ4v) is 3.84. The Hall–Kier alpha value is -0.780. The zero-order valence-corrected chi connectivity index (χ0v) is 14.5. The van der Waals surface area contributed by atoms with E-state index in [1.165, 1.54) is 69.8 Å². The SMILES string of the molecule is CCCCc1ccc([C@H]2CC[C@@](C)(CCCC)CC2)cc1. The average Bonchev–Trinajstić information content (AvgIpc) is 2.52. The van der Waals surface area contributed by atoms with E-state index in [4.69, 9.17) is 0 Å². The third-order valence-electron chi connectivity index (χ3n) is 5.60. The van der Waals surface area contributed by atoms with Gasteiger partial charge in [-0.1, -0.05) is 64.3 Å². The summed E-state index contributed by atoms with van der Waals surface area (Å²) in [5, 5.41) is 0. The van der Waals surface area contributed by atoms with Gasteiger partial charge < -0.3 is 0 Å². The minimum atomic E-state index is 0.633. The fourth-order valence-electron chi connectivity index (χ4n) is 3.84. The van der Waals surface area contributed by atoms with Crippen LogP contribution in [0.25, 0.3) is 0 Å². The van der Waals surface area contributed by atoms with Crippen molar-refractivity contribution >= 4 is 0 Å². The Labute approximate surface area is 132 Å². The van der Waals surface area contributed by atoms with Crippen LogP contribution >= 0.6 is 0 Å². The van der Waals surface area contributed by atoms with Crippen LogP contribution < -0.4 is 0 Å². The summed E-state index contributed by atoms with van der Waals surface area (Å²) in [7, 11) is 0. The summed E-state index contributed by atoms with van der Waals surface area (Å²) in [6, 6.07) is 9.56. The molecular weight excluding hydrogens is 252 g/mol. The Morgan fingerprint density at radius 1 is 0.952 bits per heavy atom. The van der Waals surface area contributed by atoms with Gasteiger partial charge in [0, 0.05) is 0 Å². The Morgan fingerprint density at radius 2 is 1.57 bits per heavy atom. The molecule has 0 aliphatic heterocycles. The molecule has 0 nitrogen and oxygen atoms in total. The fraction of sp³-hybridized carbons (Fsp3) is 0.714. The number of aryl methyl sites for hydroxylation is 1. The van der Waals surface area contributed by atoms with E-state index < -0.39 is 0 Å².